The highest BCUT2D eigenvalue weighted by Gasteiger charge is 2.25. The molecule has 0 aliphatic carbocycles. The number of para-hydroxylation sites is 1. The fourth-order valence-electron chi connectivity index (χ4n) is 2.56. The Labute approximate surface area is 117 Å². The lowest BCUT2D eigenvalue weighted by atomic mass is 10.0. The summed E-state index contributed by atoms with van der Waals surface area (Å²) in [5.41, 5.74) is 1.64. The van der Waals surface area contributed by atoms with Gasteiger partial charge in [0.1, 0.15) is 23.9 Å². The summed E-state index contributed by atoms with van der Waals surface area (Å²) < 4.78 is 18.9. The fraction of sp³-hybridized carbons (Fsp3) is 0.250. The molecule has 0 saturated carbocycles. The zero-order chi connectivity index (χ0) is 14.1. The van der Waals surface area contributed by atoms with Crippen molar-refractivity contribution in [1.82, 2.24) is 5.32 Å². The molecule has 20 heavy (non-hydrogen) atoms. The van der Waals surface area contributed by atoms with Crippen LogP contribution in [0.25, 0.3) is 0 Å². The number of ether oxygens (including phenoxy) is 1. The third kappa shape index (κ3) is 2.34. The topological polar surface area (TPSA) is 41.5 Å². The lowest BCUT2D eigenvalue weighted by Crippen LogP contribution is -2.25. The molecular formula is C16H16FNO2. The highest BCUT2D eigenvalue weighted by atomic mass is 19.1. The van der Waals surface area contributed by atoms with Crippen molar-refractivity contribution < 1.29 is 14.2 Å². The largest absolute Gasteiger partial charge is 0.508 e. The molecule has 0 radical (unpaired) electrons. The lowest BCUT2D eigenvalue weighted by Gasteiger charge is -2.20. The summed E-state index contributed by atoms with van der Waals surface area (Å²) in [6.07, 6.45) is 0. The van der Waals surface area contributed by atoms with Crippen molar-refractivity contribution in [3.63, 3.8) is 0 Å². The molecular weight excluding hydrogens is 257 g/mol. The van der Waals surface area contributed by atoms with E-state index >= 15 is 0 Å². The molecule has 4 heteroatoms. The van der Waals surface area contributed by atoms with Crippen molar-refractivity contribution in [2.24, 2.45) is 0 Å². The van der Waals surface area contributed by atoms with Crippen LogP contribution in [-0.2, 0) is 0 Å². The molecule has 0 saturated heterocycles. The third-order valence-corrected chi connectivity index (χ3v) is 3.61. The van der Waals surface area contributed by atoms with E-state index in [4.69, 9.17) is 4.74 Å². The second-order valence-corrected chi connectivity index (χ2v) is 4.99. The molecule has 2 N–H and O–H groups in total. The van der Waals surface area contributed by atoms with E-state index in [-0.39, 0.29) is 23.7 Å². The molecule has 2 aromatic rings. The monoisotopic (exact) mass is 273 g/mol. The maximum Gasteiger partial charge on any atom is 0.124 e. The summed E-state index contributed by atoms with van der Waals surface area (Å²) in [4.78, 5) is 0. The smallest absolute Gasteiger partial charge is 0.124 e. The van der Waals surface area contributed by atoms with Gasteiger partial charge in [0.25, 0.3) is 0 Å². The minimum Gasteiger partial charge on any atom is -0.508 e. The number of phenolic OH excluding ortho intramolecular Hbond substituents is 1. The van der Waals surface area contributed by atoms with E-state index in [0.717, 1.165) is 11.3 Å². The zero-order valence-corrected chi connectivity index (χ0v) is 11.1. The molecule has 0 amide bonds. The molecule has 0 fully saturated rings. The number of aromatic hydroxyl groups is 1. The Morgan fingerprint density at radius 1 is 1.30 bits per heavy atom. The minimum atomic E-state index is -0.352. The Kier molecular flexibility index (Phi) is 3.32. The standard InChI is InChI=1S/C16H16FNO2/c1-10(13-8-11(17)6-7-15(13)19)18-14-9-20-16-5-3-2-4-12(14)16/h2-8,10,14,18-19H,9H2,1H3. The molecule has 3 rings (SSSR count). The Balaban J connectivity index is 1.80. The van der Waals surface area contributed by atoms with Gasteiger partial charge in [-0.2, -0.15) is 0 Å². The number of fused-ring (bicyclic) bond motifs is 1. The molecule has 2 unspecified atom stereocenters. The van der Waals surface area contributed by atoms with Crippen LogP contribution >= 0.6 is 0 Å². The Hall–Kier alpha value is -2.07. The first-order valence-corrected chi connectivity index (χ1v) is 6.61. The van der Waals surface area contributed by atoms with E-state index in [1.54, 1.807) is 0 Å². The van der Waals surface area contributed by atoms with Crippen LogP contribution in [0.15, 0.2) is 42.5 Å². The van der Waals surface area contributed by atoms with Gasteiger partial charge in [0.2, 0.25) is 0 Å². The predicted molar refractivity (Wildman–Crippen MR) is 74.3 cm³/mol. The highest BCUT2D eigenvalue weighted by Crippen LogP contribution is 2.34. The number of halogens is 1. The number of hydrogen-bond acceptors (Lipinski definition) is 3. The van der Waals surface area contributed by atoms with Crippen LogP contribution in [0.5, 0.6) is 11.5 Å². The number of nitrogens with one attached hydrogen (secondary N) is 1. The van der Waals surface area contributed by atoms with Crippen molar-refractivity contribution in [3.05, 3.63) is 59.4 Å². The van der Waals surface area contributed by atoms with E-state index in [2.05, 4.69) is 5.32 Å². The van der Waals surface area contributed by atoms with Crippen LogP contribution in [0.3, 0.4) is 0 Å². The third-order valence-electron chi connectivity index (χ3n) is 3.61. The summed E-state index contributed by atoms with van der Waals surface area (Å²) in [6.45, 7) is 2.44. The van der Waals surface area contributed by atoms with E-state index in [0.29, 0.717) is 12.2 Å². The van der Waals surface area contributed by atoms with Gasteiger partial charge in [-0.15, -0.1) is 0 Å². The molecule has 1 aliphatic heterocycles. The normalized spacial score (nSPS) is 18.4. The van der Waals surface area contributed by atoms with Crippen LogP contribution in [0, 0.1) is 5.82 Å². The maximum absolute atomic E-state index is 13.3. The first kappa shape index (κ1) is 12.9. The Bertz CT molecular complexity index is 630. The lowest BCUT2D eigenvalue weighted by molar-refractivity contribution is 0.299. The van der Waals surface area contributed by atoms with Crippen LogP contribution in [0.2, 0.25) is 0 Å². The van der Waals surface area contributed by atoms with Crippen molar-refractivity contribution in [2.45, 2.75) is 19.0 Å². The molecule has 104 valence electrons. The Morgan fingerprint density at radius 2 is 2.10 bits per heavy atom. The molecule has 2 atom stereocenters. The maximum atomic E-state index is 13.3. The van der Waals surface area contributed by atoms with Crippen LogP contribution in [-0.4, -0.2) is 11.7 Å². The zero-order valence-electron chi connectivity index (χ0n) is 11.1. The van der Waals surface area contributed by atoms with E-state index in [9.17, 15) is 9.50 Å². The number of benzene rings is 2. The van der Waals surface area contributed by atoms with Gasteiger partial charge in [-0.3, -0.25) is 0 Å². The quantitative estimate of drug-likeness (QED) is 0.901. The van der Waals surface area contributed by atoms with Gasteiger partial charge < -0.3 is 15.2 Å². The summed E-state index contributed by atoms with van der Waals surface area (Å²) in [5.74, 6) is 0.619. The van der Waals surface area contributed by atoms with Crippen molar-refractivity contribution in [2.75, 3.05) is 6.61 Å². The Morgan fingerprint density at radius 3 is 2.95 bits per heavy atom. The van der Waals surface area contributed by atoms with Gasteiger partial charge in [-0.25, -0.2) is 4.39 Å². The molecule has 1 heterocycles. The summed E-state index contributed by atoms with van der Waals surface area (Å²) in [5, 5.41) is 13.2. The summed E-state index contributed by atoms with van der Waals surface area (Å²) in [7, 11) is 0. The minimum absolute atomic E-state index is 0.0452. The summed E-state index contributed by atoms with van der Waals surface area (Å²) >= 11 is 0. The first-order valence-electron chi connectivity index (χ1n) is 6.61. The number of rotatable bonds is 3. The summed E-state index contributed by atoms with van der Waals surface area (Å²) in [6, 6.07) is 11.7. The van der Waals surface area contributed by atoms with Crippen LogP contribution < -0.4 is 10.1 Å². The molecule has 1 aliphatic rings. The van der Waals surface area contributed by atoms with E-state index < -0.39 is 0 Å². The molecule has 0 spiro atoms. The molecule has 2 aromatic carbocycles. The average Bonchev–Trinajstić information content (AvgIpc) is 2.85. The van der Waals surface area contributed by atoms with Crippen LogP contribution in [0.1, 0.15) is 30.1 Å². The second-order valence-electron chi connectivity index (χ2n) is 4.99. The second kappa shape index (κ2) is 5.13. The van der Waals surface area contributed by atoms with Gasteiger partial charge in [-0.1, -0.05) is 18.2 Å². The fourth-order valence-corrected chi connectivity index (χ4v) is 2.56. The van der Waals surface area contributed by atoms with E-state index in [1.807, 2.05) is 31.2 Å². The highest BCUT2D eigenvalue weighted by molar-refractivity contribution is 5.40. The number of hydrogen-bond donors (Lipinski definition) is 2. The van der Waals surface area contributed by atoms with Gasteiger partial charge in [-0.05, 0) is 31.2 Å². The van der Waals surface area contributed by atoms with Crippen molar-refractivity contribution >= 4 is 0 Å². The average molecular weight is 273 g/mol. The first-order chi connectivity index (χ1) is 9.65. The predicted octanol–water partition coefficient (Wildman–Crippen LogP) is 3.32. The SMILES string of the molecule is CC(NC1COc2ccccc21)c1cc(F)ccc1O. The van der Waals surface area contributed by atoms with Gasteiger partial charge in [0, 0.05) is 17.2 Å². The van der Waals surface area contributed by atoms with Gasteiger partial charge in [0.15, 0.2) is 0 Å². The van der Waals surface area contributed by atoms with Crippen molar-refractivity contribution in [3.8, 4) is 11.5 Å². The number of phenols is 1. The van der Waals surface area contributed by atoms with E-state index in [1.165, 1.54) is 18.2 Å². The van der Waals surface area contributed by atoms with Gasteiger partial charge in [0.05, 0.1) is 6.04 Å². The molecule has 0 aromatic heterocycles. The van der Waals surface area contributed by atoms with Gasteiger partial charge >= 0.3 is 0 Å². The van der Waals surface area contributed by atoms with Crippen molar-refractivity contribution in [1.29, 1.82) is 0 Å². The molecule has 0 bridgehead atoms. The molecule has 3 nitrogen and oxygen atoms in total. The van der Waals surface area contributed by atoms with Crippen LogP contribution in [0.4, 0.5) is 4.39 Å².